The molecule has 0 aromatic heterocycles. The lowest BCUT2D eigenvalue weighted by molar-refractivity contribution is 0.122. The van der Waals surface area contributed by atoms with Crippen LogP contribution in [0.4, 0.5) is 0 Å². The third-order valence-corrected chi connectivity index (χ3v) is 4.45. The van der Waals surface area contributed by atoms with Gasteiger partial charge < -0.3 is 5.73 Å². The van der Waals surface area contributed by atoms with Crippen molar-refractivity contribution in [3.63, 3.8) is 0 Å². The van der Waals surface area contributed by atoms with E-state index < -0.39 is 0 Å². The Hall–Kier alpha value is -0.860. The van der Waals surface area contributed by atoms with Gasteiger partial charge in [-0.2, -0.15) is 0 Å². The highest BCUT2D eigenvalue weighted by Gasteiger charge is 2.36. The molecule has 1 aliphatic rings. The van der Waals surface area contributed by atoms with Gasteiger partial charge in [0.1, 0.15) is 0 Å². The largest absolute Gasteiger partial charge is 0.323 e. The van der Waals surface area contributed by atoms with Crippen LogP contribution in [-0.2, 0) is 0 Å². The van der Waals surface area contributed by atoms with Crippen LogP contribution in [0.3, 0.4) is 0 Å². The van der Waals surface area contributed by atoms with Crippen molar-refractivity contribution in [2.75, 3.05) is 6.54 Å². The first-order chi connectivity index (χ1) is 9.00. The molecule has 2 rings (SSSR count). The fourth-order valence-electron chi connectivity index (χ4n) is 3.62. The normalized spacial score (nSPS) is 27.7. The van der Waals surface area contributed by atoms with Gasteiger partial charge in [-0.05, 0) is 30.7 Å². The van der Waals surface area contributed by atoms with Crippen LogP contribution in [0, 0.1) is 11.8 Å². The lowest BCUT2D eigenvalue weighted by Crippen LogP contribution is -2.47. The Morgan fingerprint density at radius 2 is 1.79 bits per heavy atom. The standard InChI is InChI=1S/C17H28N2/c1-12(2)17(19-11-13(3)10-14(19)4)16(18)15-8-6-5-7-9-15/h5-9,12-14,16-17H,10-11,18H2,1-4H3. The third-order valence-electron chi connectivity index (χ3n) is 4.45. The van der Waals surface area contributed by atoms with E-state index in [9.17, 15) is 0 Å². The van der Waals surface area contributed by atoms with Gasteiger partial charge in [0.05, 0.1) is 0 Å². The Balaban J connectivity index is 2.21. The molecule has 0 spiro atoms. The second-order valence-electron chi connectivity index (χ2n) is 6.56. The summed E-state index contributed by atoms with van der Waals surface area (Å²) in [6.07, 6.45) is 1.30. The second-order valence-corrected chi connectivity index (χ2v) is 6.56. The van der Waals surface area contributed by atoms with Gasteiger partial charge in [-0.15, -0.1) is 0 Å². The zero-order valence-electron chi connectivity index (χ0n) is 12.7. The molecule has 1 fully saturated rings. The minimum atomic E-state index is 0.106. The van der Waals surface area contributed by atoms with Crippen LogP contribution < -0.4 is 5.73 Å². The lowest BCUT2D eigenvalue weighted by atomic mass is 9.90. The highest BCUT2D eigenvalue weighted by atomic mass is 15.2. The smallest absolute Gasteiger partial charge is 0.0455 e. The van der Waals surface area contributed by atoms with Gasteiger partial charge >= 0.3 is 0 Å². The summed E-state index contributed by atoms with van der Waals surface area (Å²) in [7, 11) is 0. The summed E-state index contributed by atoms with van der Waals surface area (Å²) in [5.41, 5.74) is 7.84. The minimum Gasteiger partial charge on any atom is -0.323 e. The number of likely N-dealkylation sites (tertiary alicyclic amines) is 1. The maximum absolute atomic E-state index is 6.59. The van der Waals surface area contributed by atoms with Crippen LogP contribution in [-0.4, -0.2) is 23.5 Å². The zero-order valence-corrected chi connectivity index (χ0v) is 12.7. The van der Waals surface area contributed by atoms with E-state index in [1.54, 1.807) is 0 Å². The molecule has 1 heterocycles. The van der Waals surface area contributed by atoms with Crippen LogP contribution in [0.15, 0.2) is 30.3 Å². The van der Waals surface area contributed by atoms with Gasteiger partial charge in [-0.3, -0.25) is 4.90 Å². The minimum absolute atomic E-state index is 0.106. The molecule has 1 saturated heterocycles. The molecule has 0 amide bonds. The van der Waals surface area contributed by atoms with E-state index >= 15 is 0 Å². The van der Waals surface area contributed by atoms with E-state index in [1.165, 1.54) is 18.5 Å². The Bertz CT molecular complexity index is 388. The molecule has 2 N–H and O–H groups in total. The maximum Gasteiger partial charge on any atom is 0.0455 e. The Morgan fingerprint density at radius 1 is 1.16 bits per heavy atom. The monoisotopic (exact) mass is 260 g/mol. The maximum atomic E-state index is 6.59. The highest BCUT2D eigenvalue weighted by molar-refractivity contribution is 5.20. The SMILES string of the molecule is CC1CC(C)N(C(C(C)C)C(N)c2ccccc2)C1. The summed E-state index contributed by atoms with van der Waals surface area (Å²) in [5.74, 6) is 1.36. The molecule has 1 aliphatic heterocycles. The van der Waals surface area contributed by atoms with E-state index in [0.29, 0.717) is 18.0 Å². The molecule has 2 heteroatoms. The number of nitrogens with zero attached hydrogens (tertiary/aromatic N) is 1. The predicted molar refractivity (Wildman–Crippen MR) is 81.9 cm³/mol. The predicted octanol–water partition coefficient (Wildman–Crippen LogP) is 3.44. The van der Waals surface area contributed by atoms with E-state index in [-0.39, 0.29) is 6.04 Å². The lowest BCUT2D eigenvalue weighted by Gasteiger charge is -2.38. The number of benzene rings is 1. The van der Waals surface area contributed by atoms with Gasteiger partial charge in [0.25, 0.3) is 0 Å². The average molecular weight is 260 g/mol. The summed E-state index contributed by atoms with van der Waals surface area (Å²) in [4.78, 5) is 2.63. The van der Waals surface area contributed by atoms with E-state index in [2.05, 4.69) is 62.9 Å². The van der Waals surface area contributed by atoms with Gasteiger partial charge in [0.2, 0.25) is 0 Å². The molecule has 0 aliphatic carbocycles. The first-order valence-electron chi connectivity index (χ1n) is 7.57. The van der Waals surface area contributed by atoms with Gasteiger partial charge in [-0.25, -0.2) is 0 Å². The number of nitrogens with two attached hydrogens (primary N) is 1. The Morgan fingerprint density at radius 3 is 2.26 bits per heavy atom. The summed E-state index contributed by atoms with van der Waals surface area (Å²) in [6.45, 7) is 10.5. The number of hydrogen-bond acceptors (Lipinski definition) is 2. The topological polar surface area (TPSA) is 29.3 Å². The van der Waals surface area contributed by atoms with Crippen LogP contribution in [0.25, 0.3) is 0 Å². The van der Waals surface area contributed by atoms with Crippen LogP contribution in [0.1, 0.15) is 45.7 Å². The molecule has 0 radical (unpaired) electrons. The summed E-state index contributed by atoms with van der Waals surface area (Å²) in [5, 5.41) is 0. The quantitative estimate of drug-likeness (QED) is 0.898. The third kappa shape index (κ3) is 3.18. The van der Waals surface area contributed by atoms with Crippen molar-refractivity contribution in [2.24, 2.45) is 17.6 Å². The molecule has 1 aromatic carbocycles. The van der Waals surface area contributed by atoms with E-state index in [0.717, 1.165) is 5.92 Å². The highest BCUT2D eigenvalue weighted by Crippen LogP contribution is 2.32. The van der Waals surface area contributed by atoms with Crippen molar-refractivity contribution in [2.45, 2.75) is 52.2 Å². The number of hydrogen-bond donors (Lipinski definition) is 1. The van der Waals surface area contributed by atoms with Crippen molar-refractivity contribution in [3.05, 3.63) is 35.9 Å². The van der Waals surface area contributed by atoms with Crippen molar-refractivity contribution < 1.29 is 0 Å². The van der Waals surface area contributed by atoms with Crippen molar-refractivity contribution in [1.82, 2.24) is 4.90 Å². The van der Waals surface area contributed by atoms with Crippen LogP contribution in [0.2, 0.25) is 0 Å². The molecule has 0 saturated carbocycles. The molecular formula is C17H28N2. The van der Waals surface area contributed by atoms with E-state index in [1.807, 2.05) is 0 Å². The first kappa shape index (κ1) is 14.5. The molecule has 106 valence electrons. The number of rotatable bonds is 4. The Labute approximate surface area is 118 Å². The summed E-state index contributed by atoms with van der Waals surface area (Å²) < 4.78 is 0. The average Bonchev–Trinajstić information content (AvgIpc) is 2.69. The second kappa shape index (κ2) is 6.06. The molecular weight excluding hydrogens is 232 g/mol. The molecule has 4 atom stereocenters. The molecule has 4 unspecified atom stereocenters. The summed E-state index contributed by atoms with van der Waals surface area (Å²) in [6, 6.07) is 11.7. The van der Waals surface area contributed by atoms with Gasteiger partial charge in [0.15, 0.2) is 0 Å². The molecule has 0 bridgehead atoms. The molecule has 19 heavy (non-hydrogen) atoms. The summed E-state index contributed by atoms with van der Waals surface area (Å²) >= 11 is 0. The fraction of sp³-hybridized carbons (Fsp3) is 0.647. The first-order valence-corrected chi connectivity index (χ1v) is 7.57. The fourth-order valence-corrected chi connectivity index (χ4v) is 3.62. The van der Waals surface area contributed by atoms with Gasteiger partial charge in [-0.1, -0.05) is 51.1 Å². The van der Waals surface area contributed by atoms with Crippen LogP contribution in [0.5, 0.6) is 0 Å². The molecule has 1 aromatic rings. The Kier molecular flexibility index (Phi) is 4.64. The van der Waals surface area contributed by atoms with Gasteiger partial charge in [0, 0.05) is 24.7 Å². The van der Waals surface area contributed by atoms with Crippen molar-refractivity contribution in [3.8, 4) is 0 Å². The van der Waals surface area contributed by atoms with Crippen molar-refractivity contribution in [1.29, 1.82) is 0 Å². The van der Waals surface area contributed by atoms with E-state index in [4.69, 9.17) is 5.73 Å². The van der Waals surface area contributed by atoms with Crippen molar-refractivity contribution >= 4 is 0 Å². The van der Waals surface area contributed by atoms with Crippen LogP contribution >= 0.6 is 0 Å². The molecule has 2 nitrogen and oxygen atoms in total. The zero-order chi connectivity index (χ0) is 14.0.